The first kappa shape index (κ1) is 16.2. The van der Waals surface area contributed by atoms with Crippen LogP contribution >= 0.6 is 0 Å². The summed E-state index contributed by atoms with van der Waals surface area (Å²) < 4.78 is 39.7. The highest BCUT2D eigenvalue weighted by Gasteiger charge is 2.28. The van der Waals surface area contributed by atoms with E-state index >= 15 is 0 Å². The Balaban J connectivity index is 3.87. The molecule has 0 saturated heterocycles. The highest BCUT2D eigenvalue weighted by atomic mass is 19.4. The minimum absolute atomic E-state index is 0.0294. The lowest BCUT2D eigenvalue weighted by atomic mass is 10.0. The zero-order chi connectivity index (χ0) is 13.6. The fourth-order valence-electron chi connectivity index (χ4n) is 1.03. The molecule has 7 heteroatoms. The van der Waals surface area contributed by atoms with Crippen molar-refractivity contribution in [2.45, 2.75) is 39.0 Å². The molecule has 4 nitrogen and oxygen atoms in total. The van der Waals surface area contributed by atoms with Crippen molar-refractivity contribution >= 4 is 5.91 Å². The van der Waals surface area contributed by atoms with Gasteiger partial charge in [0, 0.05) is 6.04 Å². The number of nitrogens with two attached hydrogens (primary N) is 1. The summed E-state index contributed by atoms with van der Waals surface area (Å²) in [6.07, 6.45) is -4.35. The zero-order valence-electron chi connectivity index (χ0n) is 10.2. The lowest BCUT2D eigenvalue weighted by molar-refractivity contribution is -0.175. The van der Waals surface area contributed by atoms with E-state index in [1.807, 2.05) is 0 Å². The maximum absolute atomic E-state index is 11.8. The van der Waals surface area contributed by atoms with Crippen molar-refractivity contribution in [3.05, 3.63) is 0 Å². The van der Waals surface area contributed by atoms with Crippen molar-refractivity contribution in [1.29, 1.82) is 0 Å². The number of ether oxygens (including phenoxy) is 1. The van der Waals surface area contributed by atoms with Crippen LogP contribution in [0.4, 0.5) is 13.2 Å². The number of halogens is 3. The second-order valence-corrected chi connectivity index (χ2v) is 4.31. The Bertz CT molecular complexity index is 244. The summed E-state index contributed by atoms with van der Waals surface area (Å²) in [4.78, 5) is 11.4. The standard InChI is InChI=1S/C10H19F3N2O2/c1-6(2)8(14)9(16)15-7(3)4-17-5-10(11,12)13/h6-8H,4-5,14H2,1-3H3,(H,15,16)/t7?,8-/m0/s1. The van der Waals surface area contributed by atoms with Crippen molar-refractivity contribution in [2.24, 2.45) is 11.7 Å². The highest BCUT2D eigenvalue weighted by Crippen LogP contribution is 2.14. The van der Waals surface area contributed by atoms with Gasteiger partial charge in [-0.15, -0.1) is 0 Å². The molecule has 0 aliphatic rings. The van der Waals surface area contributed by atoms with Crippen LogP contribution in [-0.2, 0) is 9.53 Å². The lowest BCUT2D eigenvalue weighted by Crippen LogP contribution is -2.48. The molecule has 0 spiro atoms. The first-order chi connectivity index (χ1) is 7.63. The monoisotopic (exact) mass is 256 g/mol. The van der Waals surface area contributed by atoms with E-state index in [9.17, 15) is 18.0 Å². The van der Waals surface area contributed by atoms with E-state index in [1.165, 1.54) is 0 Å². The van der Waals surface area contributed by atoms with Crippen LogP contribution in [0.1, 0.15) is 20.8 Å². The Kier molecular flexibility index (Phi) is 6.48. The Morgan fingerprint density at radius 1 is 1.35 bits per heavy atom. The topological polar surface area (TPSA) is 64.3 Å². The lowest BCUT2D eigenvalue weighted by Gasteiger charge is -2.19. The quantitative estimate of drug-likeness (QED) is 0.746. The third-order valence-corrected chi connectivity index (χ3v) is 2.04. The Labute approximate surface area is 98.7 Å². The van der Waals surface area contributed by atoms with Crippen LogP contribution in [0.15, 0.2) is 0 Å². The molecule has 2 atom stereocenters. The van der Waals surface area contributed by atoms with Gasteiger partial charge in [0.15, 0.2) is 0 Å². The fourth-order valence-corrected chi connectivity index (χ4v) is 1.03. The van der Waals surface area contributed by atoms with Gasteiger partial charge in [-0.1, -0.05) is 13.8 Å². The van der Waals surface area contributed by atoms with Crippen LogP contribution in [0, 0.1) is 5.92 Å². The van der Waals surface area contributed by atoms with Crippen molar-refractivity contribution in [1.82, 2.24) is 5.32 Å². The molecule has 0 aliphatic carbocycles. The minimum atomic E-state index is -4.35. The van der Waals surface area contributed by atoms with Crippen LogP contribution in [0.5, 0.6) is 0 Å². The van der Waals surface area contributed by atoms with Gasteiger partial charge in [-0.3, -0.25) is 4.79 Å². The predicted octanol–water partition coefficient (Wildman–Crippen LogP) is 1.05. The highest BCUT2D eigenvalue weighted by molar-refractivity contribution is 5.81. The molecular formula is C10H19F3N2O2. The number of carbonyl (C=O) groups is 1. The summed E-state index contributed by atoms with van der Waals surface area (Å²) in [5.41, 5.74) is 5.57. The van der Waals surface area contributed by atoms with Crippen molar-refractivity contribution in [3.63, 3.8) is 0 Å². The summed E-state index contributed by atoms with van der Waals surface area (Å²) in [5, 5.41) is 2.49. The van der Waals surface area contributed by atoms with Gasteiger partial charge in [-0.2, -0.15) is 13.2 Å². The molecule has 102 valence electrons. The molecule has 3 N–H and O–H groups in total. The Hall–Kier alpha value is -0.820. The number of alkyl halides is 3. The average molecular weight is 256 g/mol. The van der Waals surface area contributed by atoms with Crippen molar-refractivity contribution < 1.29 is 22.7 Å². The summed E-state index contributed by atoms with van der Waals surface area (Å²) in [6, 6.07) is -1.17. The first-order valence-electron chi connectivity index (χ1n) is 5.34. The van der Waals surface area contributed by atoms with E-state index in [1.54, 1.807) is 20.8 Å². The molecule has 17 heavy (non-hydrogen) atoms. The molecule has 1 amide bonds. The number of hydrogen-bond donors (Lipinski definition) is 2. The van der Waals surface area contributed by atoms with Gasteiger partial charge in [0.2, 0.25) is 5.91 Å². The van der Waals surface area contributed by atoms with E-state index < -0.39 is 24.9 Å². The number of amides is 1. The molecule has 0 bridgehead atoms. The molecule has 0 aromatic heterocycles. The van der Waals surface area contributed by atoms with Crippen LogP contribution in [0.3, 0.4) is 0 Å². The van der Waals surface area contributed by atoms with E-state index in [2.05, 4.69) is 10.1 Å². The predicted molar refractivity (Wildman–Crippen MR) is 57.3 cm³/mol. The normalized spacial score (nSPS) is 15.8. The molecule has 0 saturated carbocycles. The van der Waals surface area contributed by atoms with Crippen LogP contribution in [0.25, 0.3) is 0 Å². The van der Waals surface area contributed by atoms with Gasteiger partial charge in [0.1, 0.15) is 6.61 Å². The smallest absolute Gasteiger partial charge is 0.370 e. The molecule has 0 fully saturated rings. The molecule has 0 heterocycles. The van der Waals surface area contributed by atoms with Gasteiger partial charge in [-0.25, -0.2) is 0 Å². The molecule has 0 rings (SSSR count). The fraction of sp³-hybridized carbons (Fsp3) is 0.900. The summed E-state index contributed by atoms with van der Waals surface area (Å²) in [6.45, 7) is 3.62. The molecule has 1 unspecified atom stereocenters. The largest absolute Gasteiger partial charge is 0.411 e. The van der Waals surface area contributed by atoms with Crippen LogP contribution in [0.2, 0.25) is 0 Å². The Morgan fingerprint density at radius 2 is 1.88 bits per heavy atom. The summed E-state index contributed by atoms with van der Waals surface area (Å²) >= 11 is 0. The summed E-state index contributed by atoms with van der Waals surface area (Å²) in [5.74, 6) is -0.415. The van der Waals surface area contributed by atoms with Crippen molar-refractivity contribution in [2.75, 3.05) is 13.2 Å². The maximum atomic E-state index is 11.8. The minimum Gasteiger partial charge on any atom is -0.370 e. The average Bonchev–Trinajstić information content (AvgIpc) is 2.13. The third kappa shape index (κ3) is 7.98. The zero-order valence-corrected chi connectivity index (χ0v) is 10.2. The number of nitrogens with one attached hydrogen (secondary N) is 1. The van der Waals surface area contributed by atoms with Gasteiger partial charge >= 0.3 is 6.18 Å². The van der Waals surface area contributed by atoms with E-state index in [0.717, 1.165) is 0 Å². The number of rotatable bonds is 6. The summed E-state index contributed by atoms with van der Waals surface area (Å²) in [7, 11) is 0. The van der Waals surface area contributed by atoms with Gasteiger partial charge < -0.3 is 15.8 Å². The van der Waals surface area contributed by atoms with E-state index in [4.69, 9.17) is 5.73 Å². The number of carbonyl (C=O) groups excluding carboxylic acids is 1. The van der Waals surface area contributed by atoms with E-state index in [0.29, 0.717) is 0 Å². The molecule has 0 aliphatic heterocycles. The van der Waals surface area contributed by atoms with Crippen molar-refractivity contribution in [3.8, 4) is 0 Å². The van der Waals surface area contributed by atoms with E-state index in [-0.39, 0.29) is 18.4 Å². The van der Waals surface area contributed by atoms with Crippen LogP contribution in [-0.4, -0.2) is 37.4 Å². The Morgan fingerprint density at radius 3 is 2.29 bits per heavy atom. The third-order valence-electron chi connectivity index (χ3n) is 2.04. The maximum Gasteiger partial charge on any atom is 0.411 e. The molecule has 0 aromatic rings. The second-order valence-electron chi connectivity index (χ2n) is 4.31. The molecule has 0 aromatic carbocycles. The number of hydrogen-bond acceptors (Lipinski definition) is 3. The first-order valence-corrected chi connectivity index (χ1v) is 5.34. The van der Waals surface area contributed by atoms with Gasteiger partial charge in [-0.05, 0) is 12.8 Å². The SMILES string of the molecule is CC(COCC(F)(F)F)NC(=O)[C@@H](N)C(C)C. The molecular weight excluding hydrogens is 237 g/mol. The van der Waals surface area contributed by atoms with Gasteiger partial charge in [0.05, 0.1) is 12.6 Å². The van der Waals surface area contributed by atoms with Crippen LogP contribution < -0.4 is 11.1 Å². The van der Waals surface area contributed by atoms with Gasteiger partial charge in [0.25, 0.3) is 0 Å². The second kappa shape index (κ2) is 6.80. The molecule has 0 radical (unpaired) electrons.